The maximum absolute atomic E-state index is 12.5. The average molecular weight is 187 g/mol. The van der Waals surface area contributed by atoms with E-state index >= 15 is 0 Å². The molecule has 0 aliphatic rings. The second-order valence-electron chi connectivity index (χ2n) is 2.85. The highest BCUT2D eigenvalue weighted by atomic mass is 32.1. The van der Waals surface area contributed by atoms with E-state index in [2.05, 4.69) is 12.8 Å². The van der Waals surface area contributed by atoms with Gasteiger partial charge in [-0.1, -0.05) is 13.8 Å². The molecule has 0 saturated carbocycles. The van der Waals surface area contributed by atoms with E-state index in [0.29, 0.717) is 0 Å². The molecule has 64 valence electrons. The first kappa shape index (κ1) is 9.64. The van der Waals surface area contributed by atoms with Crippen molar-refractivity contribution in [3.05, 3.63) is 16.1 Å². The number of hydrogen-bond donors (Lipinski definition) is 0. The van der Waals surface area contributed by atoms with Gasteiger partial charge in [0.25, 0.3) is 0 Å². The summed E-state index contributed by atoms with van der Waals surface area (Å²) in [6.45, 7) is 3.85. The van der Waals surface area contributed by atoms with Gasteiger partial charge in [-0.15, -0.1) is 11.3 Å². The smallest absolute Gasteiger partial charge is 0.244 e. The van der Waals surface area contributed by atoms with Gasteiger partial charge in [-0.25, -0.2) is 13.8 Å². The van der Waals surface area contributed by atoms with Crippen LogP contribution in [-0.4, -0.2) is 12.8 Å². The fourth-order valence-corrected chi connectivity index (χ4v) is 1.51. The highest BCUT2D eigenvalue weighted by molar-refractivity contribution is 7.12. The van der Waals surface area contributed by atoms with Gasteiger partial charge in [-0.3, -0.25) is 0 Å². The predicted octanol–water partition coefficient (Wildman–Crippen LogP) is 2.48. The molecule has 0 aliphatic carbocycles. The van der Waals surface area contributed by atoms with E-state index in [4.69, 9.17) is 0 Å². The van der Waals surface area contributed by atoms with Crippen LogP contribution < -0.4 is 0 Å². The quantitative estimate of drug-likeness (QED) is 0.648. The highest BCUT2D eigenvalue weighted by Crippen LogP contribution is 2.30. The fraction of sp³-hybridized carbons (Fsp3) is 0.571. The maximum atomic E-state index is 12.5. The Hall–Kier alpha value is -0.445. The third-order valence-electron chi connectivity index (χ3n) is 1.38. The third kappa shape index (κ3) is 2.03. The molecule has 1 aromatic heterocycles. The summed E-state index contributed by atoms with van der Waals surface area (Å²) in [5, 5.41) is -0.314. The number of aromatic nitrogens is 1. The standard InChI is InChI=1S/C7H8BF2NS/c1-4(2)5-3-11-6(12-5)7(8,9)10/h3-4H,1-2H3. The summed E-state index contributed by atoms with van der Waals surface area (Å²) in [5.74, 6) is -3.07. The van der Waals surface area contributed by atoms with E-state index in [0.717, 1.165) is 16.2 Å². The number of thiazole rings is 1. The van der Waals surface area contributed by atoms with E-state index in [1.54, 1.807) is 0 Å². The first-order valence-corrected chi connectivity index (χ1v) is 4.36. The number of halogens is 2. The maximum Gasteiger partial charge on any atom is 0.249 e. The molecule has 1 heterocycles. The second kappa shape index (κ2) is 3.13. The van der Waals surface area contributed by atoms with Crippen molar-refractivity contribution in [1.82, 2.24) is 4.98 Å². The van der Waals surface area contributed by atoms with E-state index < -0.39 is 5.82 Å². The van der Waals surface area contributed by atoms with Crippen LogP contribution in [0.1, 0.15) is 29.7 Å². The molecule has 0 amide bonds. The SMILES string of the molecule is [B]C(F)(F)c1ncc(C(C)C)s1. The fourth-order valence-electron chi connectivity index (χ4n) is 0.708. The van der Waals surface area contributed by atoms with Crippen LogP contribution in [-0.2, 0) is 5.82 Å². The molecule has 1 nitrogen and oxygen atoms in total. The molecular weight excluding hydrogens is 179 g/mol. The molecule has 0 saturated heterocycles. The van der Waals surface area contributed by atoms with Crippen LogP contribution in [0, 0.1) is 0 Å². The Morgan fingerprint density at radius 3 is 2.42 bits per heavy atom. The minimum Gasteiger partial charge on any atom is -0.244 e. The lowest BCUT2D eigenvalue weighted by molar-refractivity contribution is 0.0938. The number of nitrogens with zero attached hydrogens (tertiary/aromatic N) is 1. The summed E-state index contributed by atoms with van der Waals surface area (Å²) in [4.78, 5) is 4.38. The van der Waals surface area contributed by atoms with E-state index in [1.165, 1.54) is 6.20 Å². The lowest BCUT2D eigenvalue weighted by Gasteiger charge is -2.04. The van der Waals surface area contributed by atoms with Crippen LogP contribution in [0.5, 0.6) is 0 Å². The molecule has 1 rings (SSSR count). The highest BCUT2D eigenvalue weighted by Gasteiger charge is 2.27. The van der Waals surface area contributed by atoms with Crippen molar-refractivity contribution in [2.24, 2.45) is 0 Å². The van der Waals surface area contributed by atoms with Gasteiger partial charge in [-0.05, 0) is 5.92 Å². The van der Waals surface area contributed by atoms with Crippen molar-refractivity contribution >= 4 is 19.2 Å². The zero-order valence-electron chi connectivity index (χ0n) is 6.84. The molecule has 0 unspecified atom stereocenters. The van der Waals surface area contributed by atoms with Gasteiger partial charge in [0, 0.05) is 11.1 Å². The molecular formula is C7H8BF2NS. The minimum absolute atomic E-state index is 0.221. The largest absolute Gasteiger partial charge is 0.249 e. The van der Waals surface area contributed by atoms with E-state index in [9.17, 15) is 8.78 Å². The van der Waals surface area contributed by atoms with Crippen LogP contribution >= 0.6 is 11.3 Å². The van der Waals surface area contributed by atoms with Crippen LogP contribution in [0.3, 0.4) is 0 Å². The van der Waals surface area contributed by atoms with Gasteiger partial charge in [-0.2, -0.15) is 0 Å². The lowest BCUT2D eigenvalue weighted by Crippen LogP contribution is -2.11. The topological polar surface area (TPSA) is 12.9 Å². The van der Waals surface area contributed by atoms with Crippen molar-refractivity contribution in [2.75, 3.05) is 0 Å². The molecule has 1 aromatic rings. The van der Waals surface area contributed by atoms with Crippen molar-refractivity contribution < 1.29 is 8.78 Å². The Kier molecular flexibility index (Phi) is 2.51. The first-order valence-electron chi connectivity index (χ1n) is 3.54. The zero-order chi connectivity index (χ0) is 9.35. The molecule has 0 atom stereocenters. The molecule has 5 heteroatoms. The molecule has 0 aromatic carbocycles. The summed E-state index contributed by atoms with van der Waals surface area (Å²) < 4.78 is 24.9. The molecule has 0 fully saturated rings. The molecule has 0 bridgehead atoms. The summed E-state index contributed by atoms with van der Waals surface area (Å²) >= 11 is 0.962. The van der Waals surface area contributed by atoms with Gasteiger partial charge < -0.3 is 0 Å². The number of alkyl halides is 2. The van der Waals surface area contributed by atoms with Crippen LogP contribution in [0.4, 0.5) is 8.78 Å². The lowest BCUT2D eigenvalue weighted by atomic mass is 10.0. The summed E-state index contributed by atoms with van der Waals surface area (Å²) in [6, 6.07) is 0. The molecule has 2 radical (unpaired) electrons. The summed E-state index contributed by atoms with van der Waals surface area (Å²) in [7, 11) is 4.58. The Morgan fingerprint density at radius 2 is 2.17 bits per heavy atom. The third-order valence-corrected chi connectivity index (χ3v) is 2.76. The van der Waals surface area contributed by atoms with Crippen molar-refractivity contribution in [3.8, 4) is 0 Å². The first-order chi connectivity index (χ1) is 5.41. The van der Waals surface area contributed by atoms with Gasteiger partial charge in [0.05, 0.1) is 0 Å². The average Bonchev–Trinajstić information content (AvgIpc) is 2.30. The predicted molar refractivity (Wildman–Crippen MR) is 45.9 cm³/mol. The van der Waals surface area contributed by atoms with Crippen LogP contribution in [0.15, 0.2) is 6.20 Å². The van der Waals surface area contributed by atoms with Gasteiger partial charge >= 0.3 is 0 Å². The van der Waals surface area contributed by atoms with Gasteiger partial charge in [0.2, 0.25) is 5.82 Å². The Labute approximate surface area is 75.2 Å². The van der Waals surface area contributed by atoms with E-state index in [1.807, 2.05) is 13.8 Å². The zero-order valence-corrected chi connectivity index (χ0v) is 7.66. The molecule has 0 N–H and O–H groups in total. The van der Waals surface area contributed by atoms with E-state index in [-0.39, 0.29) is 10.9 Å². The van der Waals surface area contributed by atoms with Crippen LogP contribution in [0.25, 0.3) is 0 Å². The summed E-state index contributed by atoms with van der Waals surface area (Å²) in [6.07, 6.45) is 1.45. The Bertz CT molecular complexity index is 267. The monoisotopic (exact) mass is 187 g/mol. The Morgan fingerprint density at radius 1 is 1.58 bits per heavy atom. The number of rotatable bonds is 2. The normalized spacial score (nSPS) is 12.4. The van der Waals surface area contributed by atoms with Crippen molar-refractivity contribution in [3.63, 3.8) is 0 Å². The van der Waals surface area contributed by atoms with Gasteiger partial charge in [0.1, 0.15) is 0 Å². The molecule has 0 spiro atoms. The number of hydrogen-bond acceptors (Lipinski definition) is 2. The molecule has 12 heavy (non-hydrogen) atoms. The van der Waals surface area contributed by atoms with Gasteiger partial charge in [0.15, 0.2) is 12.9 Å². The molecule has 0 aliphatic heterocycles. The minimum atomic E-state index is -3.29. The van der Waals surface area contributed by atoms with Crippen molar-refractivity contribution in [1.29, 1.82) is 0 Å². The van der Waals surface area contributed by atoms with Crippen LogP contribution in [0.2, 0.25) is 0 Å². The summed E-state index contributed by atoms with van der Waals surface area (Å²) in [5.41, 5.74) is 0. The Balaban J connectivity index is 2.92. The van der Waals surface area contributed by atoms with Crippen molar-refractivity contribution in [2.45, 2.75) is 25.6 Å². The second-order valence-corrected chi connectivity index (χ2v) is 3.91.